The van der Waals surface area contributed by atoms with Crippen LogP contribution in [0.3, 0.4) is 0 Å². The first-order valence-corrected chi connectivity index (χ1v) is 8.08. The fourth-order valence-corrected chi connectivity index (χ4v) is 3.46. The Kier molecular flexibility index (Phi) is 4.76. The molecule has 2 saturated heterocycles. The second kappa shape index (κ2) is 6.74. The molecule has 4 heteroatoms. The zero-order chi connectivity index (χ0) is 13.8. The molecule has 1 N–H and O–H groups in total. The molecular formula is C16H27N3O. The summed E-state index contributed by atoms with van der Waals surface area (Å²) in [5, 5.41) is 3.34. The third-order valence-electron chi connectivity index (χ3n) is 4.59. The molecule has 0 aromatic carbocycles. The lowest BCUT2D eigenvalue weighted by molar-refractivity contribution is 0.0426. The Balaban J connectivity index is 1.51. The molecule has 0 aliphatic carbocycles. The summed E-state index contributed by atoms with van der Waals surface area (Å²) in [6, 6.07) is 2.99. The number of nitrogens with one attached hydrogen (secondary N) is 1. The lowest BCUT2D eigenvalue weighted by Crippen LogP contribution is -2.54. The molecule has 112 valence electrons. The molecular weight excluding hydrogens is 250 g/mol. The second-order valence-corrected chi connectivity index (χ2v) is 6.12. The minimum Gasteiger partial charge on any atom is -0.468 e. The van der Waals surface area contributed by atoms with E-state index < -0.39 is 0 Å². The van der Waals surface area contributed by atoms with Gasteiger partial charge in [0.25, 0.3) is 0 Å². The SMILES string of the molecule is CCNCc1coc(CN2CCN3CCCCC3C2)c1. The van der Waals surface area contributed by atoms with Crippen LogP contribution in [0.25, 0.3) is 0 Å². The van der Waals surface area contributed by atoms with Crippen molar-refractivity contribution in [3.8, 4) is 0 Å². The summed E-state index contributed by atoms with van der Waals surface area (Å²) in [4.78, 5) is 5.24. The van der Waals surface area contributed by atoms with Gasteiger partial charge in [0.1, 0.15) is 5.76 Å². The van der Waals surface area contributed by atoms with Crippen molar-refractivity contribution >= 4 is 0 Å². The van der Waals surface area contributed by atoms with E-state index >= 15 is 0 Å². The maximum Gasteiger partial charge on any atom is 0.118 e. The number of hydrogen-bond donors (Lipinski definition) is 1. The number of piperidine rings is 1. The Morgan fingerprint density at radius 3 is 3.15 bits per heavy atom. The van der Waals surface area contributed by atoms with E-state index in [1.165, 1.54) is 51.0 Å². The van der Waals surface area contributed by atoms with E-state index in [2.05, 4.69) is 28.1 Å². The quantitative estimate of drug-likeness (QED) is 0.893. The average Bonchev–Trinajstić information content (AvgIpc) is 2.92. The third kappa shape index (κ3) is 3.43. The van der Waals surface area contributed by atoms with Crippen LogP contribution in [0.1, 0.15) is 37.5 Å². The maximum absolute atomic E-state index is 5.71. The molecule has 0 spiro atoms. The van der Waals surface area contributed by atoms with Crippen molar-refractivity contribution in [3.63, 3.8) is 0 Å². The molecule has 4 nitrogen and oxygen atoms in total. The lowest BCUT2D eigenvalue weighted by Gasteiger charge is -2.43. The van der Waals surface area contributed by atoms with Gasteiger partial charge in [-0.05, 0) is 32.0 Å². The van der Waals surface area contributed by atoms with Gasteiger partial charge in [0.2, 0.25) is 0 Å². The fraction of sp³-hybridized carbons (Fsp3) is 0.750. The summed E-state index contributed by atoms with van der Waals surface area (Å²) in [7, 11) is 0. The van der Waals surface area contributed by atoms with Gasteiger partial charge in [0, 0.05) is 37.8 Å². The number of hydrogen-bond acceptors (Lipinski definition) is 4. The first-order valence-electron chi connectivity index (χ1n) is 8.08. The molecule has 0 amide bonds. The van der Waals surface area contributed by atoms with Crippen molar-refractivity contribution in [1.29, 1.82) is 0 Å². The minimum absolute atomic E-state index is 0.786. The van der Waals surface area contributed by atoms with Crippen LogP contribution in [0.4, 0.5) is 0 Å². The van der Waals surface area contributed by atoms with Gasteiger partial charge in [0.15, 0.2) is 0 Å². The largest absolute Gasteiger partial charge is 0.468 e. The van der Waals surface area contributed by atoms with Crippen molar-refractivity contribution in [2.75, 3.05) is 32.7 Å². The van der Waals surface area contributed by atoms with Crippen molar-refractivity contribution < 1.29 is 4.42 Å². The van der Waals surface area contributed by atoms with E-state index in [1.807, 2.05) is 6.26 Å². The molecule has 20 heavy (non-hydrogen) atoms. The maximum atomic E-state index is 5.71. The average molecular weight is 277 g/mol. The summed E-state index contributed by atoms with van der Waals surface area (Å²) in [5.74, 6) is 1.11. The molecule has 0 saturated carbocycles. The highest BCUT2D eigenvalue weighted by Gasteiger charge is 2.28. The Labute approximate surface area is 122 Å². The van der Waals surface area contributed by atoms with Gasteiger partial charge in [0.05, 0.1) is 12.8 Å². The Hall–Kier alpha value is -0.840. The summed E-state index contributed by atoms with van der Waals surface area (Å²) in [5.41, 5.74) is 1.26. The van der Waals surface area contributed by atoms with Gasteiger partial charge in [-0.1, -0.05) is 13.3 Å². The standard InChI is InChI=1S/C16H27N3O/c1-2-17-10-14-9-16(20-13-14)12-18-7-8-19-6-4-3-5-15(19)11-18/h9,13,15,17H,2-8,10-12H2,1H3. The molecule has 2 aliphatic rings. The Morgan fingerprint density at radius 2 is 2.25 bits per heavy atom. The molecule has 0 bridgehead atoms. The van der Waals surface area contributed by atoms with Crippen LogP contribution in [0.2, 0.25) is 0 Å². The minimum atomic E-state index is 0.786. The predicted molar refractivity (Wildman–Crippen MR) is 80.6 cm³/mol. The zero-order valence-corrected chi connectivity index (χ0v) is 12.6. The van der Waals surface area contributed by atoms with Gasteiger partial charge in [-0.3, -0.25) is 9.80 Å². The number of piperazine rings is 1. The molecule has 3 heterocycles. The van der Waals surface area contributed by atoms with E-state index in [4.69, 9.17) is 4.42 Å². The van der Waals surface area contributed by atoms with Gasteiger partial charge >= 0.3 is 0 Å². The monoisotopic (exact) mass is 277 g/mol. The van der Waals surface area contributed by atoms with Crippen LogP contribution < -0.4 is 5.32 Å². The molecule has 3 rings (SSSR count). The first kappa shape index (κ1) is 14.1. The predicted octanol–water partition coefficient (Wildman–Crippen LogP) is 2.06. The van der Waals surface area contributed by atoms with Gasteiger partial charge in [-0.2, -0.15) is 0 Å². The normalized spacial score (nSPS) is 24.8. The van der Waals surface area contributed by atoms with Crippen LogP contribution in [0.15, 0.2) is 16.7 Å². The highest BCUT2D eigenvalue weighted by Crippen LogP contribution is 2.22. The first-order chi connectivity index (χ1) is 9.85. The Morgan fingerprint density at radius 1 is 1.30 bits per heavy atom. The van der Waals surface area contributed by atoms with Crippen molar-refractivity contribution in [3.05, 3.63) is 23.7 Å². The van der Waals surface area contributed by atoms with Crippen molar-refractivity contribution in [2.45, 2.75) is 45.3 Å². The van der Waals surface area contributed by atoms with Crippen LogP contribution in [0, 0.1) is 0 Å². The van der Waals surface area contributed by atoms with Crippen LogP contribution in [0.5, 0.6) is 0 Å². The highest BCUT2D eigenvalue weighted by atomic mass is 16.3. The molecule has 2 aliphatic heterocycles. The van der Waals surface area contributed by atoms with Crippen LogP contribution in [-0.2, 0) is 13.1 Å². The molecule has 0 radical (unpaired) electrons. The molecule has 1 aromatic heterocycles. The highest BCUT2D eigenvalue weighted by molar-refractivity contribution is 5.12. The van der Waals surface area contributed by atoms with E-state index in [0.29, 0.717) is 0 Å². The summed E-state index contributed by atoms with van der Waals surface area (Å²) in [6.45, 7) is 9.95. The van der Waals surface area contributed by atoms with Gasteiger partial charge in [-0.15, -0.1) is 0 Å². The summed E-state index contributed by atoms with van der Waals surface area (Å²) in [6.07, 6.45) is 6.07. The number of furan rings is 1. The van der Waals surface area contributed by atoms with E-state index in [0.717, 1.165) is 31.4 Å². The molecule has 1 atom stereocenters. The van der Waals surface area contributed by atoms with Crippen LogP contribution >= 0.6 is 0 Å². The molecule has 1 unspecified atom stereocenters. The summed E-state index contributed by atoms with van der Waals surface area (Å²) < 4.78 is 5.71. The third-order valence-corrected chi connectivity index (χ3v) is 4.59. The zero-order valence-electron chi connectivity index (χ0n) is 12.6. The topological polar surface area (TPSA) is 31.7 Å². The van der Waals surface area contributed by atoms with E-state index in [1.54, 1.807) is 0 Å². The summed E-state index contributed by atoms with van der Waals surface area (Å²) >= 11 is 0. The molecule has 1 aromatic rings. The van der Waals surface area contributed by atoms with E-state index in [9.17, 15) is 0 Å². The van der Waals surface area contributed by atoms with Gasteiger partial charge in [-0.25, -0.2) is 0 Å². The lowest BCUT2D eigenvalue weighted by atomic mass is 9.99. The number of rotatable bonds is 5. The fourth-order valence-electron chi connectivity index (χ4n) is 3.46. The number of nitrogens with zero attached hydrogens (tertiary/aromatic N) is 2. The number of fused-ring (bicyclic) bond motifs is 1. The van der Waals surface area contributed by atoms with Crippen molar-refractivity contribution in [1.82, 2.24) is 15.1 Å². The van der Waals surface area contributed by atoms with E-state index in [-0.39, 0.29) is 0 Å². The van der Waals surface area contributed by atoms with Crippen molar-refractivity contribution in [2.24, 2.45) is 0 Å². The molecule has 2 fully saturated rings. The van der Waals surface area contributed by atoms with Gasteiger partial charge < -0.3 is 9.73 Å². The smallest absolute Gasteiger partial charge is 0.118 e. The van der Waals surface area contributed by atoms with Crippen LogP contribution in [-0.4, -0.2) is 48.6 Å². The Bertz CT molecular complexity index is 418. The second-order valence-electron chi connectivity index (χ2n) is 6.12.